The van der Waals surface area contributed by atoms with Gasteiger partial charge in [-0.2, -0.15) is 0 Å². The number of aromatic hydroxyl groups is 2. The van der Waals surface area contributed by atoms with Crippen LogP contribution in [0.5, 0.6) is 17.2 Å². The van der Waals surface area contributed by atoms with Crippen molar-refractivity contribution >= 4 is 5.78 Å². The SMILES string of the molecule is CC(C)=CCc1c(O)c(C)c2c(c1O)C(=O)CC(c1ccccc1)O2. The second-order valence-corrected chi connectivity index (χ2v) is 6.63. The first-order valence-electron chi connectivity index (χ1n) is 8.35. The molecule has 25 heavy (non-hydrogen) atoms. The van der Waals surface area contributed by atoms with Crippen molar-refractivity contribution in [2.24, 2.45) is 0 Å². The number of ketones is 1. The summed E-state index contributed by atoms with van der Waals surface area (Å²) in [6.45, 7) is 5.59. The number of rotatable bonds is 3. The number of carbonyl (C=O) groups excluding carboxylic acids is 1. The van der Waals surface area contributed by atoms with Crippen molar-refractivity contribution in [1.29, 1.82) is 0 Å². The summed E-state index contributed by atoms with van der Waals surface area (Å²) in [5, 5.41) is 21.1. The molecule has 0 radical (unpaired) electrons. The molecule has 0 aliphatic carbocycles. The van der Waals surface area contributed by atoms with E-state index in [-0.39, 0.29) is 35.0 Å². The zero-order valence-corrected chi connectivity index (χ0v) is 14.7. The molecule has 4 heteroatoms. The van der Waals surface area contributed by atoms with Gasteiger partial charge in [0.2, 0.25) is 0 Å². The summed E-state index contributed by atoms with van der Waals surface area (Å²) in [4.78, 5) is 12.7. The Morgan fingerprint density at radius 1 is 1.20 bits per heavy atom. The highest BCUT2D eigenvalue weighted by Crippen LogP contribution is 2.47. The zero-order chi connectivity index (χ0) is 18.1. The molecular formula is C21H22O4. The average molecular weight is 338 g/mol. The zero-order valence-electron chi connectivity index (χ0n) is 14.7. The van der Waals surface area contributed by atoms with Crippen molar-refractivity contribution in [3.05, 3.63) is 64.2 Å². The van der Waals surface area contributed by atoms with Crippen LogP contribution in [0.4, 0.5) is 0 Å². The van der Waals surface area contributed by atoms with Gasteiger partial charge in [0.25, 0.3) is 0 Å². The molecule has 1 unspecified atom stereocenters. The predicted octanol–water partition coefficient (Wildman–Crippen LogP) is 4.62. The van der Waals surface area contributed by atoms with Crippen LogP contribution < -0.4 is 4.74 Å². The fourth-order valence-corrected chi connectivity index (χ4v) is 3.11. The predicted molar refractivity (Wildman–Crippen MR) is 96.4 cm³/mol. The summed E-state index contributed by atoms with van der Waals surface area (Å²) >= 11 is 0. The Labute approximate surface area is 147 Å². The minimum atomic E-state index is -0.415. The number of fused-ring (bicyclic) bond motifs is 1. The highest BCUT2D eigenvalue weighted by molar-refractivity contribution is 6.04. The van der Waals surface area contributed by atoms with Crippen LogP contribution in [0.25, 0.3) is 0 Å². The lowest BCUT2D eigenvalue weighted by Gasteiger charge is -2.28. The Balaban J connectivity index is 2.08. The van der Waals surface area contributed by atoms with Crippen LogP contribution in [0.1, 0.15) is 53.4 Å². The van der Waals surface area contributed by atoms with Crippen molar-refractivity contribution < 1.29 is 19.7 Å². The molecule has 0 saturated carbocycles. The van der Waals surface area contributed by atoms with Crippen LogP contribution in [-0.2, 0) is 6.42 Å². The third-order valence-electron chi connectivity index (χ3n) is 4.53. The average Bonchev–Trinajstić information content (AvgIpc) is 2.59. The van der Waals surface area contributed by atoms with Crippen LogP contribution in [-0.4, -0.2) is 16.0 Å². The summed E-state index contributed by atoms with van der Waals surface area (Å²) < 4.78 is 6.01. The number of carbonyl (C=O) groups is 1. The van der Waals surface area contributed by atoms with E-state index in [2.05, 4.69) is 0 Å². The molecule has 0 saturated heterocycles. The number of phenolic OH excluding ortho intramolecular Hbond substituents is 2. The number of allylic oxidation sites excluding steroid dienone is 2. The van der Waals surface area contributed by atoms with E-state index in [9.17, 15) is 15.0 Å². The molecule has 130 valence electrons. The van der Waals surface area contributed by atoms with Crippen molar-refractivity contribution in [2.75, 3.05) is 0 Å². The summed E-state index contributed by atoms with van der Waals surface area (Å²) in [7, 11) is 0. The van der Waals surface area contributed by atoms with Crippen molar-refractivity contribution in [1.82, 2.24) is 0 Å². The monoisotopic (exact) mass is 338 g/mol. The molecule has 0 aromatic heterocycles. The maximum absolute atomic E-state index is 12.7. The van der Waals surface area contributed by atoms with E-state index < -0.39 is 6.10 Å². The van der Waals surface area contributed by atoms with Crippen LogP contribution in [0.15, 0.2) is 42.0 Å². The summed E-state index contributed by atoms with van der Waals surface area (Å²) in [5.74, 6) is -0.0856. The standard InChI is InChI=1S/C21H22O4/c1-12(2)9-10-15-19(23)13(3)21-18(20(15)24)16(22)11-17(25-21)14-7-5-4-6-8-14/h4-9,17,23-24H,10-11H2,1-3H3. The van der Waals surface area contributed by atoms with Gasteiger partial charge in [-0.3, -0.25) is 4.79 Å². The van der Waals surface area contributed by atoms with Crippen LogP contribution in [0.3, 0.4) is 0 Å². The molecule has 0 amide bonds. The third kappa shape index (κ3) is 3.12. The van der Waals surface area contributed by atoms with Crippen molar-refractivity contribution in [3.63, 3.8) is 0 Å². The minimum absolute atomic E-state index is 0.0183. The van der Waals surface area contributed by atoms with E-state index >= 15 is 0 Å². The Hall–Kier alpha value is -2.75. The molecule has 0 spiro atoms. The van der Waals surface area contributed by atoms with Crippen LogP contribution in [0, 0.1) is 6.92 Å². The van der Waals surface area contributed by atoms with E-state index in [0.29, 0.717) is 17.5 Å². The molecule has 0 fully saturated rings. The first-order valence-corrected chi connectivity index (χ1v) is 8.35. The molecule has 3 rings (SSSR count). The van der Waals surface area contributed by atoms with Gasteiger partial charge < -0.3 is 14.9 Å². The maximum Gasteiger partial charge on any atom is 0.174 e. The van der Waals surface area contributed by atoms with Gasteiger partial charge in [0.1, 0.15) is 28.9 Å². The largest absolute Gasteiger partial charge is 0.507 e. The normalized spacial score (nSPS) is 16.1. The first-order chi connectivity index (χ1) is 11.9. The molecular weight excluding hydrogens is 316 g/mol. The van der Waals surface area contributed by atoms with Gasteiger partial charge >= 0.3 is 0 Å². The summed E-state index contributed by atoms with van der Waals surface area (Å²) in [5.41, 5.74) is 3.00. The Kier molecular flexibility index (Phi) is 4.53. The van der Waals surface area contributed by atoms with Crippen molar-refractivity contribution in [2.45, 2.75) is 39.7 Å². The van der Waals surface area contributed by atoms with Gasteiger partial charge in [-0.05, 0) is 32.8 Å². The fourth-order valence-electron chi connectivity index (χ4n) is 3.11. The van der Waals surface area contributed by atoms with Gasteiger partial charge in [-0.15, -0.1) is 0 Å². The van der Waals surface area contributed by atoms with Gasteiger partial charge in [0.05, 0.1) is 6.42 Å². The molecule has 2 N–H and O–H groups in total. The molecule has 4 nitrogen and oxygen atoms in total. The molecule has 0 bridgehead atoms. The summed E-state index contributed by atoms with van der Waals surface area (Å²) in [6.07, 6.45) is 2.02. The maximum atomic E-state index is 12.7. The lowest BCUT2D eigenvalue weighted by molar-refractivity contribution is 0.0842. The number of benzene rings is 2. The third-order valence-corrected chi connectivity index (χ3v) is 4.53. The number of phenols is 2. The topological polar surface area (TPSA) is 66.8 Å². The lowest BCUT2D eigenvalue weighted by atomic mass is 9.90. The lowest BCUT2D eigenvalue weighted by Crippen LogP contribution is -2.21. The quantitative estimate of drug-likeness (QED) is 0.801. The van der Waals surface area contributed by atoms with E-state index in [0.717, 1.165) is 11.1 Å². The molecule has 2 aromatic carbocycles. The Morgan fingerprint density at radius 2 is 1.88 bits per heavy atom. The number of ether oxygens (including phenoxy) is 1. The van der Waals surface area contributed by atoms with Gasteiger partial charge in [0.15, 0.2) is 5.78 Å². The molecule has 1 aliphatic heterocycles. The van der Waals surface area contributed by atoms with Crippen LogP contribution in [0.2, 0.25) is 0 Å². The molecule has 1 aliphatic rings. The highest BCUT2D eigenvalue weighted by Gasteiger charge is 2.34. The highest BCUT2D eigenvalue weighted by atomic mass is 16.5. The minimum Gasteiger partial charge on any atom is -0.507 e. The molecule has 1 heterocycles. The smallest absolute Gasteiger partial charge is 0.174 e. The number of hydrogen-bond donors (Lipinski definition) is 2. The second kappa shape index (κ2) is 6.63. The van der Waals surface area contributed by atoms with Gasteiger partial charge in [-0.25, -0.2) is 0 Å². The van der Waals surface area contributed by atoms with Crippen molar-refractivity contribution in [3.8, 4) is 17.2 Å². The van der Waals surface area contributed by atoms with Gasteiger partial charge in [-0.1, -0.05) is 42.0 Å². The molecule has 2 aromatic rings. The summed E-state index contributed by atoms with van der Waals surface area (Å²) in [6, 6.07) is 9.49. The van der Waals surface area contributed by atoms with E-state index in [1.54, 1.807) is 6.92 Å². The van der Waals surface area contributed by atoms with E-state index in [1.807, 2.05) is 50.3 Å². The Bertz CT molecular complexity index is 846. The second-order valence-electron chi connectivity index (χ2n) is 6.63. The van der Waals surface area contributed by atoms with E-state index in [1.165, 1.54) is 0 Å². The number of hydrogen-bond acceptors (Lipinski definition) is 4. The Morgan fingerprint density at radius 3 is 2.52 bits per heavy atom. The molecule has 1 atom stereocenters. The van der Waals surface area contributed by atoms with E-state index in [4.69, 9.17) is 4.74 Å². The van der Waals surface area contributed by atoms with Gasteiger partial charge in [0, 0.05) is 11.1 Å². The first kappa shape index (κ1) is 17.1. The number of Topliss-reactive ketones (excluding diaryl/α,β-unsaturated/α-hetero) is 1. The van der Waals surface area contributed by atoms with Crippen LogP contribution >= 0.6 is 0 Å². The fraction of sp³-hybridized carbons (Fsp3) is 0.286.